The molecule has 1 aliphatic rings. The first kappa shape index (κ1) is 13.3. The third-order valence-corrected chi connectivity index (χ3v) is 4.28. The molecule has 3 rings (SSSR count). The van der Waals surface area contributed by atoms with E-state index in [1.807, 2.05) is 31.3 Å². The molecule has 1 aromatic heterocycles. The number of aromatic nitrogens is 3. The zero-order valence-corrected chi connectivity index (χ0v) is 12.7. The number of halogens is 1. The van der Waals surface area contributed by atoms with E-state index in [4.69, 9.17) is 0 Å². The van der Waals surface area contributed by atoms with E-state index >= 15 is 0 Å². The molecule has 1 heterocycles. The number of hydrogen-bond donors (Lipinski definition) is 1. The van der Waals surface area contributed by atoms with Crippen molar-refractivity contribution in [3.63, 3.8) is 0 Å². The van der Waals surface area contributed by atoms with Gasteiger partial charge in [-0.05, 0) is 30.5 Å². The number of H-pyrrole nitrogens is 1. The Labute approximate surface area is 125 Å². The minimum Gasteiger partial charge on any atom is -0.337 e. The van der Waals surface area contributed by atoms with E-state index in [9.17, 15) is 4.79 Å². The molecule has 0 saturated heterocycles. The SMILES string of the molecule is CN(Cc1ncn[nH]1)C(=O)C1(c2ccc(Br)cc2)CC1. The van der Waals surface area contributed by atoms with Crippen LogP contribution in [0.5, 0.6) is 0 Å². The van der Waals surface area contributed by atoms with E-state index in [1.54, 1.807) is 4.90 Å². The number of aromatic amines is 1. The Morgan fingerprint density at radius 1 is 1.40 bits per heavy atom. The molecule has 1 amide bonds. The highest BCUT2D eigenvalue weighted by molar-refractivity contribution is 9.10. The summed E-state index contributed by atoms with van der Waals surface area (Å²) in [4.78, 5) is 18.5. The van der Waals surface area contributed by atoms with Crippen molar-refractivity contribution in [2.24, 2.45) is 0 Å². The van der Waals surface area contributed by atoms with Gasteiger partial charge >= 0.3 is 0 Å². The van der Waals surface area contributed by atoms with Crippen LogP contribution >= 0.6 is 15.9 Å². The number of amides is 1. The summed E-state index contributed by atoms with van der Waals surface area (Å²) in [6, 6.07) is 8.02. The monoisotopic (exact) mass is 334 g/mol. The van der Waals surface area contributed by atoms with Crippen molar-refractivity contribution in [1.82, 2.24) is 20.1 Å². The summed E-state index contributed by atoms with van der Waals surface area (Å²) in [5.74, 6) is 0.851. The summed E-state index contributed by atoms with van der Waals surface area (Å²) in [6.45, 7) is 0.455. The molecule has 0 spiro atoms. The first-order valence-corrected chi connectivity index (χ1v) is 7.27. The zero-order chi connectivity index (χ0) is 14.2. The Morgan fingerprint density at radius 2 is 2.10 bits per heavy atom. The second-order valence-corrected chi connectivity index (χ2v) is 6.10. The molecule has 1 aromatic carbocycles. The van der Waals surface area contributed by atoms with Crippen molar-refractivity contribution in [2.75, 3.05) is 7.05 Å². The van der Waals surface area contributed by atoms with Gasteiger partial charge < -0.3 is 4.90 Å². The van der Waals surface area contributed by atoms with Gasteiger partial charge in [-0.1, -0.05) is 28.1 Å². The van der Waals surface area contributed by atoms with E-state index < -0.39 is 0 Å². The third-order valence-electron chi connectivity index (χ3n) is 3.75. The van der Waals surface area contributed by atoms with Gasteiger partial charge in [0.25, 0.3) is 0 Å². The van der Waals surface area contributed by atoms with Gasteiger partial charge in [0, 0.05) is 11.5 Å². The maximum Gasteiger partial charge on any atom is 0.233 e. The Bertz CT molecular complexity index is 605. The van der Waals surface area contributed by atoms with Gasteiger partial charge in [-0.2, -0.15) is 5.10 Å². The lowest BCUT2D eigenvalue weighted by atomic mass is 9.94. The van der Waals surface area contributed by atoms with Gasteiger partial charge in [0.1, 0.15) is 12.2 Å². The fourth-order valence-electron chi connectivity index (χ4n) is 2.49. The average Bonchev–Trinajstić information content (AvgIpc) is 3.10. The van der Waals surface area contributed by atoms with E-state index in [0.29, 0.717) is 12.4 Å². The molecule has 20 heavy (non-hydrogen) atoms. The topological polar surface area (TPSA) is 61.9 Å². The van der Waals surface area contributed by atoms with E-state index in [1.165, 1.54) is 6.33 Å². The number of likely N-dealkylation sites (N-methyl/N-ethyl adjacent to an activating group) is 1. The quantitative estimate of drug-likeness (QED) is 0.932. The summed E-state index contributed by atoms with van der Waals surface area (Å²) < 4.78 is 1.03. The van der Waals surface area contributed by atoms with Crippen LogP contribution in [0.15, 0.2) is 35.1 Å². The summed E-state index contributed by atoms with van der Waals surface area (Å²) in [6.07, 6.45) is 3.28. The van der Waals surface area contributed by atoms with E-state index in [0.717, 1.165) is 22.9 Å². The van der Waals surface area contributed by atoms with Crippen molar-refractivity contribution in [1.29, 1.82) is 0 Å². The number of rotatable bonds is 4. The number of carbonyl (C=O) groups is 1. The molecule has 1 saturated carbocycles. The van der Waals surface area contributed by atoms with Gasteiger partial charge in [-0.25, -0.2) is 4.98 Å². The Hall–Kier alpha value is -1.69. The van der Waals surface area contributed by atoms with Crippen LogP contribution < -0.4 is 0 Å². The second kappa shape index (κ2) is 5.01. The lowest BCUT2D eigenvalue weighted by Crippen LogP contribution is -2.36. The van der Waals surface area contributed by atoms with E-state index in [-0.39, 0.29) is 11.3 Å². The summed E-state index contributed by atoms with van der Waals surface area (Å²) in [7, 11) is 1.81. The van der Waals surface area contributed by atoms with Crippen molar-refractivity contribution < 1.29 is 4.79 Å². The number of hydrogen-bond acceptors (Lipinski definition) is 3. The van der Waals surface area contributed by atoms with Crippen molar-refractivity contribution in [3.05, 3.63) is 46.5 Å². The molecule has 0 atom stereocenters. The highest BCUT2D eigenvalue weighted by Crippen LogP contribution is 2.49. The van der Waals surface area contributed by atoms with Crippen LogP contribution in [-0.4, -0.2) is 33.0 Å². The van der Waals surface area contributed by atoms with Crippen LogP contribution in [0.25, 0.3) is 0 Å². The van der Waals surface area contributed by atoms with E-state index in [2.05, 4.69) is 31.1 Å². The van der Waals surface area contributed by atoms with Gasteiger partial charge in [0.15, 0.2) is 0 Å². The van der Waals surface area contributed by atoms with Gasteiger partial charge in [0.05, 0.1) is 12.0 Å². The summed E-state index contributed by atoms with van der Waals surface area (Å²) >= 11 is 3.42. The normalized spacial score (nSPS) is 15.9. The summed E-state index contributed by atoms with van der Waals surface area (Å²) in [5, 5.41) is 6.58. The van der Waals surface area contributed by atoms with Gasteiger partial charge in [-0.3, -0.25) is 9.89 Å². The van der Waals surface area contributed by atoms with Crippen molar-refractivity contribution in [2.45, 2.75) is 24.8 Å². The van der Waals surface area contributed by atoms with Gasteiger partial charge in [0.2, 0.25) is 5.91 Å². The third kappa shape index (κ3) is 2.35. The molecular formula is C14H15BrN4O. The largest absolute Gasteiger partial charge is 0.337 e. The minimum atomic E-state index is -0.338. The first-order valence-electron chi connectivity index (χ1n) is 6.48. The zero-order valence-electron chi connectivity index (χ0n) is 11.1. The fraction of sp³-hybridized carbons (Fsp3) is 0.357. The number of nitrogens with zero attached hydrogens (tertiary/aromatic N) is 3. The van der Waals surface area contributed by atoms with Crippen LogP contribution in [0.1, 0.15) is 24.2 Å². The lowest BCUT2D eigenvalue weighted by Gasteiger charge is -2.23. The molecule has 6 heteroatoms. The molecule has 0 bridgehead atoms. The van der Waals surface area contributed by atoms with Crippen LogP contribution in [0.2, 0.25) is 0 Å². The Kier molecular flexibility index (Phi) is 3.33. The summed E-state index contributed by atoms with van der Waals surface area (Å²) in [5.41, 5.74) is 0.755. The number of nitrogens with one attached hydrogen (secondary N) is 1. The fourth-order valence-corrected chi connectivity index (χ4v) is 2.75. The van der Waals surface area contributed by atoms with Crippen molar-refractivity contribution in [3.8, 4) is 0 Å². The van der Waals surface area contributed by atoms with Crippen LogP contribution in [0.3, 0.4) is 0 Å². The Balaban J connectivity index is 1.77. The maximum absolute atomic E-state index is 12.7. The molecule has 5 nitrogen and oxygen atoms in total. The second-order valence-electron chi connectivity index (χ2n) is 5.18. The minimum absolute atomic E-state index is 0.149. The molecule has 2 aromatic rings. The predicted octanol–water partition coefficient (Wildman–Crippen LogP) is 2.26. The number of benzene rings is 1. The first-order chi connectivity index (χ1) is 9.62. The molecule has 0 aliphatic heterocycles. The van der Waals surface area contributed by atoms with Crippen molar-refractivity contribution >= 4 is 21.8 Å². The molecule has 0 radical (unpaired) electrons. The molecular weight excluding hydrogens is 320 g/mol. The van der Waals surface area contributed by atoms with Crippen LogP contribution in [-0.2, 0) is 16.8 Å². The highest BCUT2D eigenvalue weighted by atomic mass is 79.9. The molecule has 1 N–H and O–H groups in total. The maximum atomic E-state index is 12.7. The number of carbonyl (C=O) groups excluding carboxylic acids is 1. The highest BCUT2D eigenvalue weighted by Gasteiger charge is 2.52. The smallest absolute Gasteiger partial charge is 0.233 e. The average molecular weight is 335 g/mol. The molecule has 1 aliphatic carbocycles. The van der Waals surface area contributed by atoms with Crippen LogP contribution in [0, 0.1) is 0 Å². The van der Waals surface area contributed by atoms with Crippen LogP contribution in [0.4, 0.5) is 0 Å². The molecule has 1 fully saturated rings. The standard InChI is InChI=1S/C14H15BrN4O/c1-19(8-12-16-9-17-18-12)13(20)14(6-7-14)10-2-4-11(15)5-3-10/h2-5,9H,6-8H2,1H3,(H,16,17,18). The Morgan fingerprint density at radius 3 is 2.65 bits per heavy atom. The molecule has 104 valence electrons. The van der Waals surface area contributed by atoms with Gasteiger partial charge in [-0.15, -0.1) is 0 Å². The predicted molar refractivity (Wildman–Crippen MR) is 77.9 cm³/mol. The molecule has 0 unspecified atom stereocenters. The lowest BCUT2D eigenvalue weighted by molar-refractivity contribution is -0.133.